The van der Waals surface area contributed by atoms with E-state index in [-0.39, 0.29) is 25.9 Å². The number of allylic oxidation sites excluding steroid dienone is 24. The molecule has 79 heavy (non-hydrogen) atoms. The van der Waals surface area contributed by atoms with Crippen molar-refractivity contribution in [3.63, 3.8) is 0 Å². The smallest absolute Gasteiger partial charge is 0.335 e. The minimum Gasteiger partial charge on any atom is -0.479 e. The van der Waals surface area contributed by atoms with Crippen LogP contribution >= 0.6 is 0 Å². The van der Waals surface area contributed by atoms with Crippen LogP contribution in [-0.4, -0.2) is 89.2 Å². The summed E-state index contributed by atoms with van der Waals surface area (Å²) >= 11 is 0. The molecule has 1 rings (SSSR count). The van der Waals surface area contributed by atoms with Crippen LogP contribution < -0.4 is 0 Å². The summed E-state index contributed by atoms with van der Waals surface area (Å²) in [6, 6.07) is 0. The first-order valence-corrected chi connectivity index (χ1v) is 29.8. The molecular formula is C67H102O12. The van der Waals surface area contributed by atoms with Gasteiger partial charge in [0.2, 0.25) is 0 Å². The molecule has 0 bridgehead atoms. The zero-order valence-corrected chi connectivity index (χ0v) is 48.5. The van der Waals surface area contributed by atoms with Gasteiger partial charge in [-0.1, -0.05) is 199 Å². The normalized spacial score (nSPS) is 18.9. The van der Waals surface area contributed by atoms with E-state index in [2.05, 4.69) is 154 Å². The highest BCUT2D eigenvalue weighted by atomic mass is 16.7. The molecule has 0 aromatic carbocycles. The number of carboxylic acid groups (broad SMARTS) is 1. The first kappa shape index (κ1) is 71.6. The predicted molar refractivity (Wildman–Crippen MR) is 321 cm³/mol. The van der Waals surface area contributed by atoms with E-state index in [0.29, 0.717) is 25.7 Å². The molecule has 0 amide bonds. The number of ether oxygens (including phenoxy) is 5. The Morgan fingerprint density at radius 3 is 1.27 bits per heavy atom. The minimum absolute atomic E-state index is 0.0254. The summed E-state index contributed by atoms with van der Waals surface area (Å²) in [4.78, 5) is 51.1. The van der Waals surface area contributed by atoms with E-state index in [0.717, 1.165) is 135 Å². The lowest BCUT2D eigenvalue weighted by atomic mass is 9.98. The van der Waals surface area contributed by atoms with Crippen molar-refractivity contribution >= 4 is 23.9 Å². The van der Waals surface area contributed by atoms with Gasteiger partial charge < -0.3 is 39.0 Å². The van der Waals surface area contributed by atoms with Gasteiger partial charge in [0.15, 0.2) is 24.6 Å². The number of rotatable bonds is 48. The summed E-state index contributed by atoms with van der Waals surface area (Å²) in [5.74, 6) is -3.29. The summed E-state index contributed by atoms with van der Waals surface area (Å²) < 4.78 is 28.3. The van der Waals surface area contributed by atoms with Crippen LogP contribution in [0.2, 0.25) is 0 Å². The standard InChI is InChI=1S/C67H102O12/c1-4-7-10-13-16-19-22-25-27-29-30-32-33-36-38-41-44-47-50-53-59(68)75-56-58(77-60(69)54-51-48-45-42-40-37-34-31-28-26-23-20-17-14-11-8-5-2)57-76-67-65(63(72)62(71)64(79-67)66(73)74)78-61(70)55-52-49-46-43-39-35-24-21-18-15-12-9-6-3/h7-8,10-12,15-17,19-21,24-28,30,32,34,36-38,42,45,58,62-65,67,71-72H,4-6,9,13-14,18,22-23,29,31,33,35,39-41,43-44,46-57H2,1-3H3,(H,73,74)/b10-7-,11-8-,15-12-,19-16-,20-17-,24-21-,27-25-,28-26-,32-30-,37-34-,38-36-,45-42-. The zero-order valence-electron chi connectivity index (χ0n) is 48.5. The van der Waals surface area contributed by atoms with Crippen molar-refractivity contribution in [1.29, 1.82) is 0 Å². The van der Waals surface area contributed by atoms with Crippen molar-refractivity contribution in [2.75, 3.05) is 13.2 Å². The van der Waals surface area contributed by atoms with Crippen molar-refractivity contribution in [3.8, 4) is 0 Å². The molecular weight excluding hydrogens is 997 g/mol. The monoisotopic (exact) mass is 1100 g/mol. The summed E-state index contributed by atoms with van der Waals surface area (Å²) in [5.41, 5.74) is 0. The molecule has 442 valence electrons. The van der Waals surface area contributed by atoms with Crippen LogP contribution in [0.5, 0.6) is 0 Å². The van der Waals surface area contributed by atoms with Crippen molar-refractivity contribution in [3.05, 3.63) is 146 Å². The predicted octanol–water partition coefficient (Wildman–Crippen LogP) is 15.6. The molecule has 1 heterocycles. The van der Waals surface area contributed by atoms with E-state index in [4.69, 9.17) is 23.7 Å². The molecule has 12 heteroatoms. The van der Waals surface area contributed by atoms with Gasteiger partial charge in [0.05, 0.1) is 6.61 Å². The molecule has 3 N–H and O–H groups in total. The van der Waals surface area contributed by atoms with Crippen LogP contribution in [0, 0.1) is 0 Å². The van der Waals surface area contributed by atoms with Crippen LogP contribution in [0.3, 0.4) is 0 Å². The fraction of sp³-hybridized carbons (Fsp3) is 0.582. The van der Waals surface area contributed by atoms with E-state index < -0.39 is 67.3 Å². The Bertz CT molecular complexity index is 1930. The molecule has 1 aliphatic heterocycles. The maximum absolute atomic E-state index is 13.1. The van der Waals surface area contributed by atoms with E-state index >= 15 is 0 Å². The molecule has 6 unspecified atom stereocenters. The summed E-state index contributed by atoms with van der Waals surface area (Å²) in [5, 5.41) is 31.5. The average Bonchev–Trinajstić information content (AvgIpc) is 3.44. The zero-order chi connectivity index (χ0) is 57.5. The van der Waals surface area contributed by atoms with Crippen LogP contribution in [0.15, 0.2) is 146 Å². The highest BCUT2D eigenvalue weighted by Crippen LogP contribution is 2.26. The van der Waals surface area contributed by atoms with Gasteiger partial charge in [-0.05, 0) is 128 Å². The average molecular weight is 1100 g/mol. The summed E-state index contributed by atoms with van der Waals surface area (Å²) in [6.07, 6.45) is 63.9. The van der Waals surface area contributed by atoms with Crippen LogP contribution in [-0.2, 0) is 42.9 Å². The maximum Gasteiger partial charge on any atom is 0.335 e. The number of aliphatic hydroxyl groups is 2. The number of aliphatic hydroxyl groups excluding tert-OH is 2. The number of carbonyl (C=O) groups excluding carboxylic acids is 3. The second kappa shape index (κ2) is 53.3. The van der Waals surface area contributed by atoms with Crippen molar-refractivity contribution in [2.45, 2.75) is 237 Å². The van der Waals surface area contributed by atoms with E-state index in [1.54, 1.807) is 0 Å². The molecule has 0 radical (unpaired) electrons. The molecule has 1 aliphatic rings. The van der Waals surface area contributed by atoms with Gasteiger partial charge in [0.25, 0.3) is 0 Å². The second-order valence-corrected chi connectivity index (χ2v) is 19.5. The van der Waals surface area contributed by atoms with E-state index in [9.17, 15) is 34.5 Å². The second-order valence-electron chi connectivity index (χ2n) is 19.5. The Labute approximate surface area is 476 Å². The Kier molecular flexibility index (Phi) is 48.3. The third kappa shape index (κ3) is 43.1. The first-order chi connectivity index (χ1) is 38.6. The van der Waals surface area contributed by atoms with E-state index in [1.165, 1.54) is 0 Å². The molecule has 6 atom stereocenters. The van der Waals surface area contributed by atoms with Crippen molar-refractivity contribution in [1.82, 2.24) is 0 Å². The fourth-order valence-electron chi connectivity index (χ4n) is 7.88. The molecule has 0 saturated carbocycles. The fourth-order valence-corrected chi connectivity index (χ4v) is 7.88. The number of hydrogen-bond donors (Lipinski definition) is 3. The highest BCUT2D eigenvalue weighted by Gasteiger charge is 2.50. The Morgan fingerprint density at radius 2 is 0.810 bits per heavy atom. The van der Waals surface area contributed by atoms with Crippen LogP contribution in [0.1, 0.15) is 201 Å². The third-order valence-corrected chi connectivity index (χ3v) is 12.4. The topological polar surface area (TPSA) is 175 Å². The van der Waals surface area contributed by atoms with Crippen LogP contribution in [0.25, 0.3) is 0 Å². The molecule has 0 spiro atoms. The van der Waals surface area contributed by atoms with Gasteiger partial charge >= 0.3 is 23.9 Å². The summed E-state index contributed by atoms with van der Waals surface area (Å²) in [6.45, 7) is 5.60. The third-order valence-electron chi connectivity index (χ3n) is 12.4. The lowest BCUT2D eigenvalue weighted by Crippen LogP contribution is -2.61. The molecule has 0 aromatic heterocycles. The van der Waals surface area contributed by atoms with Gasteiger partial charge in [-0.25, -0.2) is 4.79 Å². The molecule has 1 saturated heterocycles. The first-order valence-electron chi connectivity index (χ1n) is 29.8. The number of esters is 3. The van der Waals surface area contributed by atoms with Crippen LogP contribution in [0.4, 0.5) is 0 Å². The largest absolute Gasteiger partial charge is 0.479 e. The summed E-state index contributed by atoms with van der Waals surface area (Å²) in [7, 11) is 0. The molecule has 12 nitrogen and oxygen atoms in total. The van der Waals surface area contributed by atoms with Gasteiger partial charge in [0.1, 0.15) is 18.8 Å². The number of unbranched alkanes of at least 4 members (excludes halogenated alkanes) is 10. The van der Waals surface area contributed by atoms with Gasteiger partial charge in [-0.2, -0.15) is 0 Å². The lowest BCUT2D eigenvalue weighted by molar-refractivity contribution is -0.301. The van der Waals surface area contributed by atoms with Crippen molar-refractivity contribution < 1.29 is 58.2 Å². The SMILES string of the molecule is CC/C=C\C/C=C\C/C=C\C/C=C\C/C=C\CCCCCC(=O)OCC(COC1OC(C(=O)O)C(O)C(O)C1OC(=O)CCCCCCC/C=C\C/C=C\CCC)OC(=O)CCC/C=C\C/C=C\C/C=C\C/C=C\C/C=C\CC. The van der Waals surface area contributed by atoms with Crippen molar-refractivity contribution in [2.24, 2.45) is 0 Å². The van der Waals surface area contributed by atoms with Gasteiger partial charge in [-0.3, -0.25) is 14.4 Å². The highest BCUT2D eigenvalue weighted by molar-refractivity contribution is 5.74. The molecule has 1 fully saturated rings. The van der Waals surface area contributed by atoms with Gasteiger partial charge in [-0.15, -0.1) is 0 Å². The molecule has 0 aliphatic carbocycles. The Hall–Kier alpha value is -5.40. The lowest BCUT2D eigenvalue weighted by Gasteiger charge is -2.40. The number of carbonyl (C=O) groups is 4. The Balaban J connectivity index is 2.77. The molecule has 0 aromatic rings. The van der Waals surface area contributed by atoms with Gasteiger partial charge in [0, 0.05) is 19.3 Å². The minimum atomic E-state index is -1.93. The number of aliphatic carboxylic acids is 1. The number of carboxylic acids is 1. The Morgan fingerprint density at radius 1 is 0.430 bits per heavy atom. The number of hydrogen-bond acceptors (Lipinski definition) is 11. The quantitative estimate of drug-likeness (QED) is 0.0228. The van der Waals surface area contributed by atoms with E-state index in [1.807, 2.05) is 12.2 Å². The maximum atomic E-state index is 13.1.